The highest BCUT2D eigenvalue weighted by Crippen LogP contribution is 2.21. The summed E-state index contributed by atoms with van der Waals surface area (Å²) in [5.41, 5.74) is 0.791. The molecular weight excluding hydrogens is 252 g/mol. The highest BCUT2D eigenvalue weighted by atomic mass is 32.2. The molecule has 6 heteroatoms. The summed E-state index contributed by atoms with van der Waals surface area (Å²) in [5, 5.41) is 3.14. The van der Waals surface area contributed by atoms with Crippen molar-refractivity contribution in [1.82, 2.24) is 4.98 Å². The molecule has 5 nitrogen and oxygen atoms in total. The zero-order valence-electron chi connectivity index (χ0n) is 11.0. The molecule has 0 radical (unpaired) electrons. The van der Waals surface area contributed by atoms with Crippen LogP contribution in [-0.4, -0.2) is 38.1 Å². The average molecular weight is 272 g/mol. The predicted octanol–water partition coefficient (Wildman–Crippen LogP) is 1.72. The van der Waals surface area contributed by atoms with Crippen molar-refractivity contribution >= 4 is 15.5 Å². The molecule has 0 saturated carbocycles. The fourth-order valence-corrected chi connectivity index (χ4v) is 2.07. The molecule has 1 N–H and O–H groups in total. The third-order valence-corrected chi connectivity index (χ3v) is 3.16. The Balaban J connectivity index is 2.51. The topological polar surface area (TPSA) is 68.3 Å². The molecular formula is C12H20N2O3S. The predicted molar refractivity (Wildman–Crippen MR) is 72.8 cm³/mol. The summed E-state index contributed by atoms with van der Waals surface area (Å²) >= 11 is 0. The van der Waals surface area contributed by atoms with Crippen molar-refractivity contribution < 1.29 is 13.2 Å². The standard InChI is InChI=1S/C12H20N2O3S/c1-10(2)17-12-11(6-4-7-14-12)13-8-5-9-18(3,15)16/h4,6-7,10,13H,5,8-9H2,1-3H3. The van der Waals surface area contributed by atoms with Crippen LogP contribution in [-0.2, 0) is 9.84 Å². The first-order valence-electron chi connectivity index (χ1n) is 5.92. The molecule has 0 aliphatic rings. The smallest absolute Gasteiger partial charge is 0.237 e. The Kier molecular flexibility index (Phi) is 5.40. The van der Waals surface area contributed by atoms with E-state index in [4.69, 9.17) is 4.74 Å². The summed E-state index contributed by atoms with van der Waals surface area (Å²) in [6, 6.07) is 3.68. The van der Waals surface area contributed by atoms with Gasteiger partial charge in [-0.05, 0) is 32.4 Å². The number of hydrogen-bond acceptors (Lipinski definition) is 5. The van der Waals surface area contributed by atoms with Gasteiger partial charge in [-0.3, -0.25) is 0 Å². The lowest BCUT2D eigenvalue weighted by Gasteiger charge is -2.13. The molecule has 0 aliphatic carbocycles. The lowest BCUT2D eigenvalue weighted by molar-refractivity contribution is 0.234. The maximum atomic E-state index is 11.0. The molecule has 0 amide bonds. The first-order valence-corrected chi connectivity index (χ1v) is 7.98. The minimum atomic E-state index is -2.89. The van der Waals surface area contributed by atoms with Crippen LogP contribution in [0.4, 0.5) is 5.69 Å². The number of sulfone groups is 1. The van der Waals surface area contributed by atoms with E-state index in [1.165, 1.54) is 6.26 Å². The number of hydrogen-bond donors (Lipinski definition) is 1. The van der Waals surface area contributed by atoms with Crippen LogP contribution in [0.2, 0.25) is 0 Å². The molecule has 0 unspecified atom stereocenters. The summed E-state index contributed by atoms with van der Waals surface area (Å²) in [7, 11) is -2.89. The van der Waals surface area contributed by atoms with E-state index in [2.05, 4.69) is 10.3 Å². The molecule has 0 spiro atoms. The second-order valence-electron chi connectivity index (χ2n) is 4.43. The van der Waals surface area contributed by atoms with Gasteiger partial charge < -0.3 is 10.1 Å². The number of aromatic nitrogens is 1. The molecule has 18 heavy (non-hydrogen) atoms. The number of rotatable bonds is 7. The third kappa shape index (κ3) is 5.86. The number of nitrogens with zero attached hydrogens (tertiary/aromatic N) is 1. The first kappa shape index (κ1) is 14.8. The molecule has 1 aromatic heterocycles. The zero-order valence-corrected chi connectivity index (χ0v) is 11.8. The number of anilines is 1. The van der Waals surface area contributed by atoms with Crippen LogP contribution in [0.5, 0.6) is 5.88 Å². The third-order valence-electron chi connectivity index (χ3n) is 2.13. The molecule has 0 bridgehead atoms. The van der Waals surface area contributed by atoms with Crippen molar-refractivity contribution in [3.8, 4) is 5.88 Å². The number of nitrogens with one attached hydrogen (secondary N) is 1. The maximum absolute atomic E-state index is 11.0. The molecule has 0 saturated heterocycles. The normalized spacial score (nSPS) is 11.6. The average Bonchev–Trinajstić information content (AvgIpc) is 2.24. The van der Waals surface area contributed by atoms with Gasteiger partial charge >= 0.3 is 0 Å². The Morgan fingerprint density at radius 3 is 2.78 bits per heavy atom. The fourth-order valence-electron chi connectivity index (χ4n) is 1.40. The van der Waals surface area contributed by atoms with Gasteiger partial charge in [-0.25, -0.2) is 13.4 Å². The highest BCUT2D eigenvalue weighted by molar-refractivity contribution is 7.90. The van der Waals surface area contributed by atoms with Gasteiger partial charge in [0.15, 0.2) is 0 Å². The summed E-state index contributed by atoms with van der Waals surface area (Å²) in [5.74, 6) is 0.729. The van der Waals surface area contributed by atoms with Crippen LogP contribution in [0.1, 0.15) is 20.3 Å². The van der Waals surface area contributed by atoms with Crippen molar-refractivity contribution in [1.29, 1.82) is 0 Å². The second-order valence-corrected chi connectivity index (χ2v) is 6.69. The Morgan fingerprint density at radius 1 is 1.44 bits per heavy atom. The van der Waals surface area contributed by atoms with E-state index in [0.29, 0.717) is 18.8 Å². The van der Waals surface area contributed by atoms with Crippen molar-refractivity contribution in [2.24, 2.45) is 0 Å². The molecule has 0 atom stereocenters. The lowest BCUT2D eigenvalue weighted by Crippen LogP contribution is -2.12. The van der Waals surface area contributed by atoms with E-state index >= 15 is 0 Å². The van der Waals surface area contributed by atoms with E-state index in [1.54, 1.807) is 6.20 Å². The summed E-state index contributed by atoms with van der Waals surface area (Å²) < 4.78 is 27.5. The van der Waals surface area contributed by atoms with Crippen LogP contribution in [0, 0.1) is 0 Å². The van der Waals surface area contributed by atoms with Crippen LogP contribution in [0.3, 0.4) is 0 Å². The molecule has 102 valence electrons. The lowest BCUT2D eigenvalue weighted by atomic mass is 10.3. The fraction of sp³-hybridized carbons (Fsp3) is 0.583. The zero-order chi connectivity index (χ0) is 13.6. The van der Waals surface area contributed by atoms with Gasteiger partial charge in [0.25, 0.3) is 0 Å². The largest absolute Gasteiger partial charge is 0.473 e. The van der Waals surface area contributed by atoms with Gasteiger partial charge in [0.2, 0.25) is 5.88 Å². The highest BCUT2D eigenvalue weighted by Gasteiger charge is 2.06. The van der Waals surface area contributed by atoms with Gasteiger partial charge in [-0.15, -0.1) is 0 Å². The molecule has 0 fully saturated rings. The van der Waals surface area contributed by atoms with E-state index in [0.717, 1.165) is 5.69 Å². The van der Waals surface area contributed by atoms with Gasteiger partial charge in [0.1, 0.15) is 9.84 Å². The molecule has 0 aliphatic heterocycles. The number of pyridine rings is 1. The monoisotopic (exact) mass is 272 g/mol. The molecule has 1 rings (SSSR count). The minimum Gasteiger partial charge on any atom is -0.473 e. The summed E-state index contributed by atoms with van der Waals surface area (Å²) in [6.45, 7) is 4.44. The summed E-state index contributed by atoms with van der Waals surface area (Å²) in [4.78, 5) is 4.14. The summed E-state index contributed by atoms with van der Waals surface area (Å²) in [6.07, 6.45) is 3.52. The van der Waals surface area contributed by atoms with Crippen LogP contribution < -0.4 is 10.1 Å². The Labute approximate surface area is 108 Å². The Hall–Kier alpha value is -1.30. The van der Waals surface area contributed by atoms with Gasteiger partial charge in [0.05, 0.1) is 17.5 Å². The molecule has 0 aromatic carbocycles. The Morgan fingerprint density at radius 2 is 2.17 bits per heavy atom. The molecule has 1 heterocycles. The van der Waals surface area contributed by atoms with Crippen molar-refractivity contribution in [3.63, 3.8) is 0 Å². The van der Waals surface area contributed by atoms with E-state index < -0.39 is 9.84 Å². The van der Waals surface area contributed by atoms with E-state index in [-0.39, 0.29) is 11.9 Å². The van der Waals surface area contributed by atoms with Gasteiger partial charge in [-0.1, -0.05) is 0 Å². The van der Waals surface area contributed by atoms with E-state index in [9.17, 15) is 8.42 Å². The van der Waals surface area contributed by atoms with E-state index in [1.807, 2.05) is 26.0 Å². The molecule has 1 aromatic rings. The van der Waals surface area contributed by atoms with Crippen molar-refractivity contribution in [3.05, 3.63) is 18.3 Å². The van der Waals surface area contributed by atoms with Crippen molar-refractivity contribution in [2.45, 2.75) is 26.4 Å². The number of ether oxygens (including phenoxy) is 1. The van der Waals surface area contributed by atoms with Crippen molar-refractivity contribution in [2.75, 3.05) is 23.9 Å². The quantitative estimate of drug-likeness (QED) is 0.765. The van der Waals surface area contributed by atoms with Crippen LogP contribution >= 0.6 is 0 Å². The van der Waals surface area contributed by atoms with Gasteiger partial charge in [-0.2, -0.15) is 0 Å². The van der Waals surface area contributed by atoms with Crippen LogP contribution in [0.25, 0.3) is 0 Å². The first-order chi connectivity index (χ1) is 8.38. The Bertz CT molecular complexity index is 472. The van der Waals surface area contributed by atoms with Crippen LogP contribution in [0.15, 0.2) is 18.3 Å². The SMILES string of the molecule is CC(C)Oc1ncccc1NCCCS(C)(=O)=O. The minimum absolute atomic E-state index is 0.0523. The second kappa shape index (κ2) is 6.58. The van der Waals surface area contributed by atoms with Gasteiger partial charge in [0, 0.05) is 19.0 Å². The maximum Gasteiger partial charge on any atom is 0.237 e.